The number of nitrogens with zero attached hydrogens (tertiary/aromatic N) is 5. The van der Waals surface area contributed by atoms with Gasteiger partial charge in [-0.05, 0) is 42.5 Å². The minimum atomic E-state index is -0.168. The van der Waals surface area contributed by atoms with Gasteiger partial charge in [0.2, 0.25) is 11.8 Å². The first-order valence-electron chi connectivity index (χ1n) is 11.3. The lowest BCUT2D eigenvalue weighted by molar-refractivity contribution is -0.140. The van der Waals surface area contributed by atoms with Crippen LogP contribution in [0, 0.1) is 0 Å². The van der Waals surface area contributed by atoms with Crippen LogP contribution in [0.2, 0.25) is 0 Å². The zero-order chi connectivity index (χ0) is 24.8. The van der Waals surface area contributed by atoms with Gasteiger partial charge < -0.3 is 28.6 Å². The fraction of sp³-hybridized carbons (Fsp3) is 0.360. The van der Waals surface area contributed by atoms with Crippen molar-refractivity contribution in [3.8, 4) is 22.8 Å². The minimum Gasteiger partial charge on any atom is -0.493 e. The van der Waals surface area contributed by atoms with Gasteiger partial charge in [0.05, 0.1) is 32.7 Å². The molecule has 184 valence electrons. The Morgan fingerprint density at radius 1 is 1.00 bits per heavy atom. The normalized spacial score (nSPS) is 13.5. The van der Waals surface area contributed by atoms with Gasteiger partial charge in [0.25, 0.3) is 0 Å². The maximum atomic E-state index is 12.8. The van der Waals surface area contributed by atoms with E-state index < -0.39 is 0 Å². The van der Waals surface area contributed by atoms with Crippen LogP contribution in [0.5, 0.6) is 11.5 Å². The monoisotopic (exact) mass is 479 g/mol. The van der Waals surface area contributed by atoms with E-state index in [1.165, 1.54) is 11.8 Å². The molecule has 0 bridgehead atoms. The van der Waals surface area contributed by atoms with Crippen LogP contribution in [0.3, 0.4) is 0 Å². The topological polar surface area (TPSA) is 101 Å². The molecular formula is C25H29N5O5. The first-order chi connectivity index (χ1) is 17.0. The number of methoxy groups -OCH3 is 2. The lowest BCUT2D eigenvalue weighted by atomic mass is 10.1. The van der Waals surface area contributed by atoms with Gasteiger partial charge in [-0.25, -0.2) is 0 Å². The van der Waals surface area contributed by atoms with Crippen molar-refractivity contribution in [2.24, 2.45) is 0 Å². The van der Waals surface area contributed by atoms with Gasteiger partial charge in [-0.3, -0.25) is 9.59 Å². The lowest BCUT2D eigenvalue weighted by Crippen LogP contribution is -2.51. The Bertz CT molecular complexity index is 1140. The maximum Gasteiger partial charge on any atom is 0.242 e. The first-order valence-corrected chi connectivity index (χ1v) is 11.3. The van der Waals surface area contributed by atoms with Crippen molar-refractivity contribution in [1.82, 2.24) is 20.0 Å². The molecule has 0 radical (unpaired) electrons. The zero-order valence-electron chi connectivity index (χ0n) is 20.1. The number of aromatic nitrogens is 2. The second-order valence-electron chi connectivity index (χ2n) is 8.17. The lowest BCUT2D eigenvalue weighted by Gasteiger charge is -2.36. The molecule has 0 unspecified atom stereocenters. The van der Waals surface area contributed by atoms with E-state index in [-0.39, 0.29) is 24.9 Å². The Balaban J connectivity index is 1.33. The highest BCUT2D eigenvalue weighted by atomic mass is 16.5. The third kappa shape index (κ3) is 5.71. The highest BCUT2D eigenvalue weighted by Crippen LogP contribution is 2.31. The minimum absolute atomic E-state index is 0.0237. The number of anilines is 1. The van der Waals surface area contributed by atoms with Gasteiger partial charge in [-0.1, -0.05) is 0 Å². The van der Waals surface area contributed by atoms with Gasteiger partial charge in [0.15, 0.2) is 17.3 Å². The SMILES string of the molecule is COc1ccc(-c2ccc(N3CCN(C(=O)CN(Cc4ccco4)C(C)=O)CC3)nn2)cc1OC. The average molecular weight is 480 g/mol. The third-order valence-electron chi connectivity index (χ3n) is 5.98. The van der Waals surface area contributed by atoms with Crippen LogP contribution in [0.15, 0.2) is 53.1 Å². The predicted octanol–water partition coefficient (Wildman–Crippen LogP) is 2.45. The Hall–Kier alpha value is -4.08. The largest absolute Gasteiger partial charge is 0.493 e. The summed E-state index contributed by atoms with van der Waals surface area (Å²) >= 11 is 0. The van der Waals surface area contributed by atoms with Crippen molar-refractivity contribution in [1.29, 1.82) is 0 Å². The summed E-state index contributed by atoms with van der Waals surface area (Å²) in [4.78, 5) is 30.2. The van der Waals surface area contributed by atoms with Crippen molar-refractivity contribution in [2.45, 2.75) is 13.5 Å². The highest BCUT2D eigenvalue weighted by molar-refractivity contribution is 5.84. The molecule has 0 saturated carbocycles. The molecule has 2 amide bonds. The van der Waals surface area contributed by atoms with E-state index in [2.05, 4.69) is 15.1 Å². The van der Waals surface area contributed by atoms with E-state index >= 15 is 0 Å². The van der Waals surface area contributed by atoms with Crippen LogP contribution in [-0.4, -0.2) is 78.8 Å². The Morgan fingerprint density at radius 3 is 2.37 bits per heavy atom. The number of piperazine rings is 1. The number of hydrogen-bond acceptors (Lipinski definition) is 8. The Kier molecular flexibility index (Phi) is 7.49. The van der Waals surface area contributed by atoms with Crippen LogP contribution < -0.4 is 14.4 Å². The van der Waals surface area contributed by atoms with Gasteiger partial charge in [0, 0.05) is 38.7 Å². The molecule has 0 atom stereocenters. The summed E-state index contributed by atoms with van der Waals surface area (Å²) in [5.41, 5.74) is 1.60. The molecule has 0 spiro atoms. The third-order valence-corrected chi connectivity index (χ3v) is 5.98. The predicted molar refractivity (Wildman–Crippen MR) is 129 cm³/mol. The van der Waals surface area contributed by atoms with Gasteiger partial charge in [-0.2, -0.15) is 0 Å². The number of hydrogen-bond donors (Lipinski definition) is 0. The second kappa shape index (κ2) is 10.9. The zero-order valence-corrected chi connectivity index (χ0v) is 20.1. The molecule has 1 saturated heterocycles. The number of rotatable bonds is 8. The van der Waals surface area contributed by atoms with Crippen molar-refractivity contribution < 1.29 is 23.5 Å². The van der Waals surface area contributed by atoms with Crippen molar-refractivity contribution in [3.05, 3.63) is 54.5 Å². The van der Waals surface area contributed by atoms with Crippen molar-refractivity contribution >= 4 is 17.6 Å². The molecule has 1 aromatic carbocycles. The van der Waals surface area contributed by atoms with Gasteiger partial charge in [0.1, 0.15) is 12.3 Å². The van der Waals surface area contributed by atoms with Gasteiger partial charge >= 0.3 is 0 Å². The van der Waals surface area contributed by atoms with Crippen molar-refractivity contribution in [2.75, 3.05) is 51.8 Å². The molecular weight excluding hydrogens is 450 g/mol. The summed E-state index contributed by atoms with van der Waals surface area (Å²) in [6, 6.07) is 13.0. The highest BCUT2D eigenvalue weighted by Gasteiger charge is 2.25. The Labute approximate surface area is 204 Å². The number of furan rings is 1. The van der Waals surface area contributed by atoms with E-state index in [1.807, 2.05) is 30.3 Å². The quantitative estimate of drug-likeness (QED) is 0.486. The molecule has 0 aliphatic carbocycles. The number of carbonyl (C=O) groups excluding carboxylic acids is 2. The number of carbonyl (C=O) groups is 2. The van der Waals surface area contributed by atoms with E-state index in [0.29, 0.717) is 43.4 Å². The van der Waals surface area contributed by atoms with E-state index in [9.17, 15) is 9.59 Å². The van der Waals surface area contributed by atoms with E-state index in [0.717, 1.165) is 17.1 Å². The Morgan fingerprint density at radius 2 is 1.77 bits per heavy atom. The fourth-order valence-corrected chi connectivity index (χ4v) is 3.96. The number of amides is 2. The maximum absolute atomic E-state index is 12.8. The molecule has 35 heavy (non-hydrogen) atoms. The summed E-state index contributed by atoms with van der Waals surface area (Å²) in [5, 5.41) is 8.78. The average Bonchev–Trinajstić information content (AvgIpc) is 3.41. The molecule has 2 aromatic heterocycles. The molecule has 4 rings (SSSR count). The molecule has 1 aliphatic heterocycles. The first kappa shape index (κ1) is 24.1. The van der Waals surface area contributed by atoms with Crippen LogP contribution in [0.25, 0.3) is 11.3 Å². The summed E-state index contributed by atoms with van der Waals surface area (Å²) in [6.45, 7) is 4.11. The summed E-state index contributed by atoms with van der Waals surface area (Å²) in [7, 11) is 3.19. The van der Waals surface area contributed by atoms with E-state index in [4.69, 9.17) is 13.9 Å². The van der Waals surface area contributed by atoms with Crippen LogP contribution in [0.4, 0.5) is 5.82 Å². The van der Waals surface area contributed by atoms with Crippen molar-refractivity contribution in [3.63, 3.8) is 0 Å². The molecule has 0 N–H and O–H groups in total. The fourth-order valence-electron chi connectivity index (χ4n) is 3.96. The summed E-state index contributed by atoms with van der Waals surface area (Å²) in [5.74, 6) is 2.43. The van der Waals surface area contributed by atoms with E-state index in [1.54, 1.807) is 37.5 Å². The summed E-state index contributed by atoms with van der Waals surface area (Å²) in [6.07, 6.45) is 1.55. The van der Waals surface area contributed by atoms with Crippen LogP contribution in [-0.2, 0) is 16.1 Å². The molecule has 10 heteroatoms. The molecule has 1 fully saturated rings. The van der Waals surface area contributed by atoms with Crippen LogP contribution in [0.1, 0.15) is 12.7 Å². The molecule has 10 nitrogen and oxygen atoms in total. The second-order valence-corrected chi connectivity index (χ2v) is 8.17. The number of ether oxygens (including phenoxy) is 2. The van der Waals surface area contributed by atoms with Crippen LogP contribution >= 0.6 is 0 Å². The summed E-state index contributed by atoms with van der Waals surface area (Å²) < 4.78 is 16.0. The van der Waals surface area contributed by atoms with Gasteiger partial charge in [-0.15, -0.1) is 10.2 Å². The smallest absolute Gasteiger partial charge is 0.242 e. The standard InChI is InChI=1S/C25H29N5O5/c1-18(31)30(16-20-5-4-14-35-20)17-25(32)29-12-10-28(11-13-29)24-9-7-21(26-27-24)19-6-8-22(33-2)23(15-19)34-3/h4-9,14-15H,10-13,16-17H2,1-3H3. The molecule has 1 aliphatic rings. The molecule has 3 heterocycles. The number of benzene rings is 1. The molecule has 3 aromatic rings.